The smallest absolute Gasteiger partial charge is 0.220 e. The number of nitrogens with zero attached hydrogens (tertiary/aromatic N) is 4. The van der Waals surface area contributed by atoms with E-state index in [1.54, 1.807) is 19.4 Å². The summed E-state index contributed by atoms with van der Waals surface area (Å²) in [6.07, 6.45) is 3.00. The second-order valence-electron chi connectivity index (χ2n) is 5.61. The molecule has 0 unspecified atom stereocenters. The molecule has 1 aliphatic heterocycles. The summed E-state index contributed by atoms with van der Waals surface area (Å²) in [6, 6.07) is 5.28. The molecule has 0 bridgehead atoms. The molecule has 0 aromatic carbocycles. The van der Waals surface area contributed by atoms with Crippen LogP contribution in [0, 0.1) is 0 Å². The molecule has 3 rings (SSSR count). The van der Waals surface area contributed by atoms with Crippen molar-refractivity contribution in [1.82, 2.24) is 19.7 Å². The Hall–Kier alpha value is -2.33. The highest BCUT2D eigenvalue weighted by Crippen LogP contribution is 2.13. The van der Waals surface area contributed by atoms with Gasteiger partial charge in [-0.3, -0.25) is 4.99 Å². The molecule has 9 nitrogen and oxygen atoms in total. The highest BCUT2D eigenvalue weighted by atomic mass is 32.2. The first kappa shape index (κ1) is 17.5. The molecule has 1 saturated heterocycles. The van der Waals surface area contributed by atoms with Crippen LogP contribution in [-0.2, 0) is 22.3 Å². The van der Waals surface area contributed by atoms with Crippen LogP contribution in [-0.4, -0.2) is 62.0 Å². The quantitative estimate of drug-likeness (QED) is 0.606. The molecule has 136 valence electrons. The van der Waals surface area contributed by atoms with Crippen molar-refractivity contribution in [2.45, 2.75) is 12.3 Å². The van der Waals surface area contributed by atoms with Gasteiger partial charge in [0.25, 0.3) is 0 Å². The maximum atomic E-state index is 12.4. The Morgan fingerprint density at radius 2 is 2.08 bits per heavy atom. The van der Waals surface area contributed by atoms with Crippen LogP contribution >= 0.6 is 0 Å². The lowest BCUT2D eigenvalue weighted by Crippen LogP contribution is -2.53. The lowest BCUT2D eigenvalue weighted by Gasteiger charge is -2.35. The van der Waals surface area contributed by atoms with E-state index >= 15 is 0 Å². The molecule has 25 heavy (non-hydrogen) atoms. The fourth-order valence-electron chi connectivity index (χ4n) is 2.68. The van der Waals surface area contributed by atoms with Crippen LogP contribution in [0.4, 0.5) is 0 Å². The number of furan rings is 1. The maximum absolute atomic E-state index is 12.4. The number of aromatic nitrogens is 1. The third-order valence-corrected chi connectivity index (χ3v) is 5.78. The standard InChI is InChI=1S/C15H21N5O4S/c1-16-15(17-11-14-3-2-9-23-14)19-5-7-20(8-6-19)25(21,22)12-13-4-10-24-18-13/h2-4,9-10H,5-8,11-12H2,1H3,(H,16,17). The van der Waals surface area contributed by atoms with Crippen LogP contribution < -0.4 is 5.32 Å². The Kier molecular flexibility index (Phi) is 5.39. The number of nitrogens with one attached hydrogen (secondary N) is 1. The maximum Gasteiger partial charge on any atom is 0.220 e. The lowest BCUT2D eigenvalue weighted by atomic mass is 10.4. The molecule has 1 aliphatic rings. The Labute approximate surface area is 146 Å². The molecule has 0 amide bonds. The first-order chi connectivity index (χ1) is 12.1. The monoisotopic (exact) mass is 367 g/mol. The Bertz CT molecular complexity index is 778. The minimum Gasteiger partial charge on any atom is -0.467 e. The van der Waals surface area contributed by atoms with Crippen molar-refractivity contribution in [3.63, 3.8) is 0 Å². The molecule has 2 aromatic heterocycles. The number of hydrogen-bond donors (Lipinski definition) is 1. The van der Waals surface area contributed by atoms with Gasteiger partial charge >= 0.3 is 0 Å². The van der Waals surface area contributed by atoms with Gasteiger partial charge in [-0.25, -0.2) is 8.42 Å². The molecule has 10 heteroatoms. The number of guanidine groups is 1. The van der Waals surface area contributed by atoms with Crippen LogP contribution in [0.15, 0.2) is 44.7 Å². The summed E-state index contributed by atoms with van der Waals surface area (Å²) in [6.45, 7) is 2.47. The lowest BCUT2D eigenvalue weighted by molar-refractivity contribution is 0.259. The molecule has 3 heterocycles. The fraction of sp³-hybridized carbons (Fsp3) is 0.467. The van der Waals surface area contributed by atoms with Crippen LogP contribution in [0.2, 0.25) is 0 Å². The molecule has 1 fully saturated rings. The van der Waals surface area contributed by atoms with Crippen molar-refractivity contribution in [2.24, 2.45) is 4.99 Å². The van der Waals surface area contributed by atoms with Gasteiger partial charge in [0.1, 0.15) is 17.8 Å². The Morgan fingerprint density at radius 1 is 1.28 bits per heavy atom. The van der Waals surface area contributed by atoms with Gasteiger partial charge < -0.3 is 19.2 Å². The molecular weight excluding hydrogens is 346 g/mol. The summed E-state index contributed by atoms with van der Waals surface area (Å²) < 4.78 is 36.4. The van der Waals surface area contributed by atoms with Crippen LogP contribution in [0.3, 0.4) is 0 Å². The number of aliphatic imine (C=N–C) groups is 1. The predicted octanol–water partition coefficient (Wildman–Crippen LogP) is 0.491. The van der Waals surface area contributed by atoms with Crippen molar-refractivity contribution in [3.05, 3.63) is 42.2 Å². The summed E-state index contributed by atoms with van der Waals surface area (Å²) in [4.78, 5) is 6.29. The highest BCUT2D eigenvalue weighted by molar-refractivity contribution is 7.88. The van der Waals surface area contributed by atoms with Crippen LogP contribution in [0.5, 0.6) is 0 Å². The Morgan fingerprint density at radius 3 is 2.68 bits per heavy atom. The average Bonchev–Trinajstić information content (AvgIpc) is 3.29. The van der Waals surface area contributed by atoms with Gasteiger partial charge in [0.15, 0.2) is 5.96 Å². The second kappa shape index (κ2) is 7.70. The Balaban J connectivity index is 1.53. The van der Waals surface area contributed by atoms with Gasteiger partial charge in [-0.15, -0.1) is 0 Å². The van der Waals surface area contributed by atoms with E-state index < -0.39 is 10.0 Å². The molecule has 0 radical (unpaired) electrons. The van der Waals surface area contributed by atoms with E-state index in [-0.39, 0.29) is 5.75 Å². The zero-order valence-corrected chi connectivity index (χ0v) is 14.8. The third-order valence-electron chi connectivity index (χ3n) is 3.97. The van der Waals surface area contributed by atoms with E-state index in [1.807, 2.05) is 17.0 Å². The molecule has 1 N–H and O–H groups in total. The van der Waals surface area contributed by atoms with E-state index in [0.717, 1.165) is 11.7 Å². The van der Waals surface area contributed by atoms with Crippen LogP contribution in [0.1, 0.15) is 11.5 Å². The van der Waals surface area contributed by atoms with Crippen molar-refractivity contribution < 1.29 is 17.4 Å². The first-order valence-corrected chi connectivity index (χ1v) is 9.54. The predicted molar refractivity (Wildman–Crippen MR) is 91.2 cm³/mol. The molecule has 0 saturated carbocycles. The molecule has 0 spiro atoms. The van der Waals surface area contributed by atoms with Crippen LogP contribution in [0.25, 0.3) is 0 Å². The molecule has 0 aliphatic carbocycles. The van der Waals surface area contributed by atoms with E-state index in [9.17, 15) is 8.42 Å². The van der Waals surface area contributed by atoms with Gasteiger partial charge in [-0.2, -0.15) is 4.31 Å². The largest absolute Gasteiger partial charge is 0.467 e. The minimum atomic E-state index is -3.40. The fourth-order valence-corrected chi connectivity index (χ4v) is 4.10. The van der Waals surface area contributed by atoms with E-state index in [4.69, 9.17) is 8.94 Å². The molecular formula is C15H21N5O4S. The average molecular weight is 367 g/mol. The van der Waals surface area contributed by atoms with E-state index in [2.05, 4.69) is 15.5 Å². The number of hydrogen-bond acceptors (Lipinski definition) is 6. The van der Waals surface area contributed by atoms with Gasteiger partial charge in [-0.05, 0) is 12.1 Å². The summed E-state index contributed by atoms with van der Waals surface area (Å²) in [5, 5.41) is 6.90. The normalized spacial score (nSPS) is 17.0. The summed E-state index contributed by atoms with van der Waals surface area (Å²) in [7, 11) is -1.69. The van der Waals surface area contributed by atoms with Gasteiger partial charge in [0.2, 0.25) is 10.0 Å². The van der Waals surface area contributed by atoms with Crippen molar-refractivity contribution in [2.75, 3.05) is 33.2 Å². The van der Waals surface area contributed by atoms with Crippen molar-refractivity contribution in [3.8, 4) is 0 Å². The van der Waals surface area contributed by atoms with Crippen molar-refractivity contribution >= 4 is 16.0 Å². The van der Waals surface area contributed by atoms with E-state index in [0.29, 0.717) is 38.4 Å². The highest BCUT2D eigenvalue weighted by Gasteiger charge is 2.28. The first-order valence-electron chi connectivity index (χ1n) is 7.93. The number of rotatable bonds is 5. The van der Waals surface area contributed by atoms with E-state index in [1.165, 1.54) is 10.6 Å². The minimum absolute atomic E-state index is 0.144. The van der Waals surface area contributed by atoms with Gasteiger partial charge in [0.05, 0.1) is 18.5 Å². The second-order valence-corrected chi connectivity index (χ2v) is 7.58. The van der Waals surface area contributed by atoms with Crippen molar-refractivity contribution in [1.29, 1.82) is 0 Å². The number of piperazine rings is 1. The zero-order valence-electron chi connectivity index (χ0n) is 14.0. The molecule has 0 atom stereocenters. The van der Waals surface area contributed by atoms with Gasteiger partial charge in [0, 0.05) is 39.3 Å². The summed E-state index contributed by atoms with van der Waals surface area (Å²) in [5.74, 6) is 1.40. The topological polar surface area (TPSA) is 104 Å². The third kappa shape index (κ3) is 4.40. The summed E-state index contributed by atoms with van der Waals surface area (Å²) >= 11 is 0. The van der Waals surface area contributed by atoms with Gasteiger partial charge in [-0.1, -0.05) is 5.16 Å². The number of sulfonamides is 1. The zero-order chi connectivity index (χ0) is 17.7. The summed E-state index contributed by atoms with van der Waals surface area (Å²) in [5.41, 5.74) is 0.415. The SMILES string of the molecule is CN=C(NCc1ccco1)N1CCN(S(=O)(=O)Cc2ccon2)CC1. The molecule has 2 aromatic rings.